The molecule has 2 heterocycles. The molecule has 1 saturated carbocycles. The summed E-state index contributed by atoms with van der Waals surface area (Å²) in [6, 6.07) is 7.65. The van der Waals surface area contributed by atoms with Crippen LogP contribution in [0, 0.1) is 19.8 Å². The van der Waals surface area contributed by atoms with E-state index in [9.17, 15) is 9.59 Å². The SMILES string of the molecule is COc1cccc(CNC(=O)Cc2c(C)nc([C@@H]3CCN(C(=O)C4CC4)C3)nc2C)c1. The first-order valence-electron chi connectivity index (χ1n) is 11.0. The molecule has 1 saturated heterocycles. The molecule has 1 atom stereocenters. The lowest BCUT2D eigenvalue weighted by molar-refractivity contribution is -0.131. The van der Waals surface area contributed by atoms with Gasteiger partial charge < -0.3 is 15.0 Å². The normalized spacial score (nSPS) is 18.2. The summed E-state index contributed by atoms with van der Waals surface area (Å²) in [5.41, 5.74) is 3.53. The maximum absolute atomic E-state index is 12.5. The number of carbonyl (C=O) groups is 2. The van der Waals surface area contributed by atoms with E-state index in [-0.39, 0.29) is 24.2 Å². The van der Waals surface area contributed by atoms with E-state index in [4.69, 9.17) is 14.7 Å². The minimum absolute atomic E-state index is 0.0626. The summed E-state index contributed by atoms with van der Waals surface area (Å²) in [6.07, 6.45) is 3.21. The lowest BCUT2D eigenvalue weighted by Crippen LogP contribution is -2.30. The van der Waals surface area contributed by atoms with Gasteiger partial charge in [0.25, 0.3) is 0 Å². The van der Waals surface area contributed by atoms with Gasteiger partial charge in [0.2, 0.25) is 11.8 Å². The van der Waals surface area contributed by atoms with E-state index >= 15 is 0 Å². The third kappa shape index (κ3) is 5.03. The molecule has 2 amide bonds. The molecular formula is C24H30N4O3. The van der Waals surface area contributed by atoms with Gasteiger partial charge in [-0.3, -0.25) is 9.59 Å². The zero-order valence-corrected chi connectivity index (χ0v) is 18.5. The summed E-state index contributed by atoms with van der Waals surface area (Å²) in [6.45, 7) is 5.81. The van der Waals surface area contributed by atoms with Crippen LogP contribution >= 0.6 is 0 Å². The van der Waals surface area contributed by atoms with Gasteiger partial charge in [0.15, 0.2) is 0 Å². The second kappa shape index (κ2) is 9.04. The Morgan fingerprint density at radius 2 is 1.90 bits per heavy atom. The van der Waals surface area contributed by atoms with Crippen LogP contribution in [0.2, 0.25) is 0 Å². The maximum Gasteiger partial charge on any atom is 0.225 e. The van der Waals surface area contributed by atoms with Gasteiger partial charge in [-0.25, -0.2) is 9.97 Å². The topological polar surface area (TPSA) is 84.4 Å². The predicted molar refractivity (Wildman–Crippen MR) is 117 cm³/mol. The Kier molecular flexibility index (Phi) is 6.20. The van der Waals surface area contributed by atoms with Gasteiger partial charge in [0.05, 0.1) is 13.5 Å². The van der Waals surface area contributed by atoms with Crippen LogP contribution in [0.3, 0.4) is 0 Å². The zero-order valence-electron chi connectivity index (χ0n) is 18.5. The summed E-state index contributed by atoms with van der Waals surface area (Å²) in [5, 5.41) is 2.96. The van der Waals surface area contributed by atoms with Crippen molar-refractivity contribution in [2.45, 2.75) is 52.0 Å². The van der Waals surface area contributed by atoms with Crippen molar-refractivity contribution in [3.8, 4) is 5.75 Å². The first-order valence-corrected chi connectivity index (χ1v) is 11.0. The first kappa shape index (κ1) is 21.3. The van der Waals surface area contributed by atoms with Crippen LogP contribution < -0.4 is 10.1 Å². The van der Waals surface area contributed by atoms with Gasteiger partial charge in [0.1, 0.15) is 11.6 Å². The van der Waals surface area contributed by atoms with Gasteiger partial charge in [0, 0.05) is 48.4 Å². The number of nitrogens with zero attached hydrogens (tertiary/aromatic N) is 3. The van der Waals surface area contributed by atoms with E-state index in [1.165, 1.54) is 0 Å². The Bertz CT molecular complexity index is 964. The smallest absolute Gasteiger partial charge is 0.225 e. The molecule has 0 spiro atoms. The second-order valence-electron chi connectivity index (χ2n) is 8.58. The maximum atomic E-state index is 12.5. The molecule has 2 fully saturated rings. The van der Waals surface area contributed by atoms with Crippen LogP contribution in [0.1, 0.15) is 53.5 Å². The lowest BCUT2D eigenvalue weighted by Gasteiger charge is -2.17. The summed E-state index contributed by atoms with van der Waals surface area (Å²) >= 11 is 0. The van der Waals surface area contributed by atoms with Crippen molar-refractivity contribution >= 4 is 11.8 Å². The van der Waals surface area contributed by atoms with Gasteiger partial charge in [-0.15, -0.1) is 0 Å². The minimum atomic E-state index is -0.0626. The third-order valence-corrected chi connectivity index (χ3v) is 6.19. The number of likely N-dealkylation sites (tertiary alicyclic amines) is 1. The monoisotopic (exact) mass is 422 g/mol. The highest BCUT2D eigenvalue weighted by molar-refractivity contribution is 5.81. The molecule has 31 heavy (non-hydrogen) atoms. The highest BCUT2D eigenvalue weighted by atomic mass is 16.5. The molecule has 4 rings (SSSR count). The van der Waals surface area contributed by atoms with Crippen molar-refractivity contribution in [3.63, 3.8) is 0 Å². The Labute approximate surface area is 183 Å². The molecule has 1 aromatic carbocycles. The number of rotatable bonds is 7. The number of ether oxygens (including phenoxy) is 1. The van der Waals surface area contributed by atoms with Crippen LogP contribution in [-0.4, -0.2) is 46.9 Å². The molecule has 0 unspecified atom stereocenters. The molecule has 0 bridgehead atoms. The van der Waals surface area contributed by atoms with Crippen LogP contribution in [-0.2, 0) is 22.6 Å². The highest BCUT2D eigenvalue weighted by Gasteiger charge is 2.37. The van der Waals surface area contributed by atoms with Crippen molar-refractivity contribution in [1.29, 1.82) is 0 Å². The van der Waals surface area contributed by atoms with Crippen LogP contribution in [0.15, 0.2) is 24.3 Å². The first-order chi connectivity index (χ1) is 14.9. The van der Waals surface area contributed by atoms with E-state index in [1.54, 1.807) is 7.11 Å². The Hall–Kier alpha value is -2.96. The molecule has 7 nitrogen and oxygen atoms in total. The van der Waals surface area contributed by atoms with Crippen LogP contribution in [0.4, 0.5) is 0 Å². The van der Waals surface area contributed by atoms with Crippen molar-refractivity contribution in [1.82, 2.24) is 20.2 Å². The van der Waals surface area contributed by atoms with Crippen molar-refractivity contribution in [3.05, 3.63) is 52.6 Å². The Morgan fingerprint density at radius 1 is 1.16 bits per heavy atom. The van der Waals surface area contributed by atoms with Gasteiger partial charge >= 0.3 is 0 Å². The number of hydrogen-bond acceptors (Lipinski definition) is 5. The Morgan fingerprint density at radius 3 is 2.58 bits per heavy atom. The molecule has 2 aromatic rings. The number of nitrogens with one attached hydrogen (secondary N) is 1. The van der Waals surface area contributed by atoms with Crippen LogP contribution in [0.25, 0.3) is 0 Å². The standard InChI is InChI=1S/C24H30N4O3/c1-15-21(12-22(29)25-13-17-5-4-6-20(11-17)31-3)16(2)27-23(26-15)19-9-10-28(14-19)24(30)18-7-8-18/h4-6,11,18-19H,7-10,12-14H2,1-3H3,(H,25,29)/t19-/m1/s1. The fourth-order valence-electron chi connectivity index (χ4n) is 4.17. The number of carbonyl (C=O) groups excluding carboxylic acids is 2. The number of hydrogen-bond donors (Lipinski definition) is 1. The summed E-state index contributed by atoms with van der Waals surface area (Å²) in [7, 11) is 1.63. The average molecular weight is 423 g/mol. The molecule has 1 N–H and O–H groups in total. The zero-order chi connectivity index (χ0) is 22.0. The van der Waals surface area contributed by atoms with E-state index in [1.807, 2.05) is 43.0 Å². The molecular weight excluding hydrogens is 392 g/mol. The van der Waals surface area contributed by atoms with Crippen LogP contribution in [0.5, 0.6) is 5.75 Å². The number of benzene rings is 1. The number of methoxy groups -OCH3 is 1. The minimum Gasteiger partial charge on any atom is -0.497 e. The number of aryl methyl sites for hydroxylation is 2. The molecule has 2 aliphatic rings. The Balaban J connectivity index is 1.36. The van der Waals surface area contributed by atoms with Crippen molar-refractivity contribution in [2.75, 3.05) is 20.2 Å². The molecule has 0 radical (unpaired) electrons. The third-order valence-electron chi connectivity index (χ3n) is 6.19. The molecule has 1 aliphatic carbocycles. The van der Waals surface area contributed by atoms with Crippen molar-refractivity contribution < 1.29 is 14.3 Å². The highest BCUT2D eigenvalue weighted by Crippen LogP contribution is 2.34. The molecule has 1 aliphatic heterocycles. The molecule has 164 valence electrons. The lowest BCUT2D eigenvalue weighted by atomic mass is 10.0. The van der Waals surface area contributed by atoms with Gasteiger partial charge in [-0.05, 0) is 50.8 Å². The quantitative estimate of drug-likeness (QED) is 0.742. The number of amides is 2. The number of aromatic nitrogens is 2. The largest absolute Gasteiger partial charge is 0.497 e. The van der Waals surface area contributed by atoms with E-state index in [0.717, 1.165) is 59.9 Å². The molecule has 7 heteroatoms. The van der Waals surface area contributed by atoms with E-state index in [0.29, 0.717) is 19.0 Å². The summed E-state index contributed by atoms with van der Waals surface area (Å²) in [5.74, 6) is 2.22. The van der Waals surface area contributed by atoms with Crippen molar-refractivity contribution in [2.24, 2.45) is 5.92 Å². The van der Waals surface area contributed by atoms with E-state index in [2.05, 4.69) is 5.32 Å². The second-order valence-corrected chi connectivity index (χ2v) is 8.58. The molecule has 1 aromatic heterocycles. The fourth-order valence-corrected chi connectivity index (χ4v) is 4.17. The predicted octanol–water partition coefficient (Wildman–Crippen LogP) is 2.69. The van der Waals surface area contributed by atoms with E-state index < -0.39 is 0 Å². The average Bonchev–Trinajstić information content (AvgIpc) is 3.50. The fraction of sp³-hybridized carbons (Fsp3) is 0.500. The van der Waals surface area contributed by atoms with Gasteiger partial charge in [-0.2, -0.15) is 0 Å². The summed E-state index contributed by atoms with van der Waals surface area (Å²) in [4.78, 5) is 36.3. The summed E-state index contributed by atoms with van der Waals surface area (Å²) < 4.78 is 5.23. The van der Waals surface area contributed by atoms with Gasteiger partial charge in [-0.1, -0.05) is 12.1 Å².